The maximum absolute atomic E-state index is 15.2. The van der Waals surface area contributed by atoms with Gasteiger partial charge >= 0.3 is 11.9 Å². The number of aliphatic carboxylic acids is 1. The standard InChI is InChI=1S/C26H32FNO5/c27-21-10-23(33-14-26-11-15-6-16(12-26)8-17(7-15)13-26)19(18-3-4-18)9-20(21)24(29)28(32)5-1-2-22(28)25(30)31/h9-10,15-18,22,32H,1-8,11-14H2/p+1/t15?,16?,17?,22-,26?,28?/m0/s1. The van der Waals surface area contributed by atoms with E-state index in [1.54, 1.807) is 0 Å². The lowest BCUT2D eigenvalue weighted by atomic mass is 9.50. The highest BCUT2D eigenvalue weighted by molar-refractivity contribution is 5.91. The van der Waals surface area contributed by atoms with Gasteiger partial charge in [-0.25, -0.2) is 19.2 Å². The molecule has 1 amide bonds. The summed E-state index contributed by atoms with van der Waals surface area (Å²) in [6.45, 7) is 0.586. The predicted octanol–water partition coefficient (Wildman–Crippen LogP) is 4.89. The zero-order chi connectivity index (χ0) is 23.0. The number of benzene rings is 1. The lowest BCUT2D eigenvalue weighted by Crippen LogP contribution is -2.56. The van der Waals surface area contributed by atoms with E-state index in [9.17, 15) is 19.9 Å². The Morgan fingerprint density at radius 2 is 1.70 bits per heavy atom. The number of nitrogens with zero attached hydrogens (tertiary/aromatic N) is 1. The molecule has 1 heterocycles. The molecule has 1 aromatic rings. The molecule has 0 aromatic heterocycles. The number of hydrogen-bond acceptors (Lipinski definition) is 4. The van der Waals surface area contributed by atoms with E-state index in [2.05, 4.69) is 0 Å². The first-order chi connectivity index (χ1) is 15.8. The second-order valence-corrected chi connectivity index (χ2v) is 11.7. The van der Waals surface area contributed by atoms with Crippen molar-refractivity contribution in [1.82, 2.24) is 0 Å². The maximum atomic E-state index is 15.2. The maximum Gasteiger partial charge on any atom is 0.381 e. The van der Waals surface area contributed by atoms with E-state index in [4.69, 9.17) is 4.74 Å². The van der Waals surface area contributed by atoms with Gasteiger partial charge in [0, 0.05) is 24.3 Å². The summed E-state index contributed by atoms with van der Waals surface area (Å²) in [5.41, 5.74) is 0.794. The summed E-state index contributed by atoms with van der Waals surface area (Å²) in [6, 6.07) is 1.57. The summed E-state index contributed by atoms with van der Waals surface area (Å²) < 4.78 is 20.3. The molecule has 5 aliphatic carbocycles. The number of hydroxylamine groups is 3. The molecule has 2 N–H and O–H groups in total. The lowest BCUT2D eigenvalue weighted by molar-refractivity contribution is -1.04. The number of carboxylic acid groups (broad SMARTS) is 1. The van der Waals surface area contributed by atoms with Gasteiger partial charge in [0.1, 0.15) is 23.7 Å². The number of quaternary nitrogens is 1. The minimum Gasteiger partial charge on any atom is -0.493 e. The van der Waals surface area contributed by atoms with E-state index in [1.165, 1.54) is 50.7 Å². The van der Waals surface area contributed by atoms with E-state index >= 15 is 4.39 Å². The molecule has 1 saturated heterocycles. The van der Waals surface area contributed by atoms with Gasteiger partial charge in [0.05, 0.1) is 6.61 Å². The Bertz CT molecular complexity index is 969. The molecule has 178 valence electrons. The first-order valence-electron chi connectivity index (χ1n) is 12.6. The van der Waals surface area contributed by atoms with Crippen molar-refractivity contribution < 1.29 is 33.7 Å². The number of carbonyl (C=O) groups is 2. The summed E-state index contributed by atoms with van der Waals surface area (Å²) in [7, 11) is 0. The molecule has 33 heavy (non-hydrogen) atoms. The first kappa shape index (κ1) is 21.5. The van der Waals surface area contributed by atoms with E-state index in [-0.39, 0.29) is 29.9 Å². The van der Waals surface area contributed by atoms with Crippen molar-refractivity contribution in [1.29, 1.82) is 0 Å². The van der Waals surface area contributed by atoms with Crippen molar-refractivity contribution in [3.05, 3.63) is 29.1 Å². The molecule has 2 atom stereocenters. The van der Waals surface area contributed by atoms with Crippen molar-refractivity contribution >= 4 is 11.9 Å². The Balaban J connectivity index is 1.26. The molecular weight excluding hydrogens is 425 g/mol. The average molecular weight is 459 g/mol. The van der Waals surface area contributed by atoms with Crippen LogP contribution in [-0.4, -0.2) is 46.0 Å². The largest absolute Gasteiger partial charge is 0.493 e. The Kier molecular flexibility index (Phi) is 4.90. The van der Waals surface area contributed by atoms with Crippen LogP contribution in [-0.2, 0) is 4.79 Å². The van der Waals surface area contributed by atoms with Crippen molar-refractivity contribution in [3.63, 3.8) is 0 Å². The molecule has 1 unspecified atom stereocenters. The highest BCUT2D eigenvalue weighted by atomic mass is 19.1. The molecule has 0 spiro atoms. The molecule has 6 nitrogen and oxygen atoms in total. The molecule has 7 rings (SSSR count). The Hall–Kier alpha value is -1.99. The van der Waals surface area contributed by atoms with Gasteiger partial charge in [-0.2, -0.15) is 0 Å². The number of halogens is 1. The van der Waals surface area contributed by atoms with Crippen LogP contribution in [0.4, 0.5) is 4.39 Å². The van der Waals surface area contributed by atoms with Gasteiger partial charge in [0.25, 0.3) is 0 Å². The Morgan fingerprint density at radius 1 is 1.06 bits per heavy atom. The third-order valence-corrected chi connectivity index (χ3v) is 9.17. The van der Waals surface area contributed by atoms with Gasteiger partial charge in [0.2, 0.25) is 6.04 Å². The minimum absolute atomic E-state index is 0.0156. The van der Waals surface area contributed by atoms with E-state index < -0.39 is 28.4 Å². The first-order valence-corrected chi connectivity index (χ1v) is 12.6. The van der Waals surface area contributed by atoms with Crippen LogP contribution in [0.1, 0.15) is 86.0 Å². The van der Waals surface area contributed by atoms with Crippen LogP contribution in [0.5, 0.6) is 5.75 Å². The third kappa shape index (κ3) is 3.59. The molecule has 5 saturated carbocycles. The summed E-state index contributed by atoms with van der Waals surface area (Å²) in [6.07, 6.45) is 10.2. The van der Waals surface area contributed by atoms with Crippen molar-refractivity contribution in [2.75, 3.05) is 13.2 Å². The second kappa shape index (κ2) is 7.51. The number of ether oxygens (including phenoxy) is 1. The SMILES string of the molecule is O=C(O)[C@@H]1CCC[N+]1(O)C(=O)c1cc(C2CC2)c(OCC23CC4CC(CC(C4)C2)C3)cc1F. The number of carboxylic acids is 1. The normalized spacial score (nSPS) is 39.1. The molecular formula is C26H33FNO5+. The van der Waals surface area contributed by atoms with Gasteiger partial charge < -0.3 is 9.84 Å². The number of likely N-dealkylation sites (tertiary alicyclic amines) is 1. The topological polar surface area (TPSA) is 83.8 Å². The van der Waals surface area contributed by atoms with Crippen molar-refractivity contribution in [2.45, 2.75) is 76.2 Å². The van der Waals surface area contributed by atoms with Gasteiger partial charge in [-0.3, -0.25) is 0 Å². The van der Waals surface area contributed by atoms with Crippen LogP contribution in [0.3, 0.4) is 0 Å². The molecule has 6 fully saturated rings. The molecule has 1 aromatic carbocycles. The molecule has 1 aliphatic heterocycles. The van der Waals surface area contributed by atoms with Crippen LogP contribution in [0.2, 0.25) is 0 Å². The van der Waals surface area contributed by atoms with E-state index in [0.717, 1.165) is 36.2 Å². The van der Waals surface area contributed by atoms with E-state index in [0.29, 0.717) is 18.8 Å². The van der Waals surface area contributed by atoms with Crippen LogP contribution in [0.25, 0.3) is 0 Å². The number of rotatable bonds is 6. The fourth-order valence-corrected chi connectivity index (χ4v) is 7.92. The summed E-state index contributed by atoms with van der Waals surface area (Å²) >= 11 is 0. The van der Waals surface area contributed by atoms with Crippen LogP contribution in [0.15, 0.2) is 12.1 Å². The fraction of sp³-hybridized carbons (Fsp3) is 0.692. The quantitative estimate of drug-likeness (QED) is 0.468. The zero-order valence-corrected chi connectivity index (χ0v) is 19.0. The predicted molar refractivity (Wildman–Crippen MR) is 116 cm³/mol. The third-order valence-electron chi connectivity index (χ3n) is 9.17. The molecule has 4 bridgehead atoms. The summed E-state index contributed by atoms with van der Waals surface area (Å²) in [5.74, 6) is 0.332. The highest BCUT2D eigenvalue weighted by Crippen LogP contribution is 2.60. The zero-order valence-electron chi connectivity index (χ0n) is 19.0. The number of carbonyl (C=O) groups excluding carboxylic acids is 1. The van der Waals surface area contributed by atoms with Crippen molar-refractivity contribution in [2.24, 2.45) is 23.2 Å². The van der Waals surface area contributed by atoms with Gasteiger partial charge in [-0.1, -0.05) is 0 Å². The second-order valence-electron chi connectivity index (χ2n) is 11.7. The van der Waals surface area contributed by atoms with Crippen LogP contribution < -0.4 is 4.74 Å². The van der Waals surface area contributed by atoms with Crippen molar-refractivity contribution in [3.8, 4) is 5.75 Å². The smallest absolute Gasteiger partial charge is 0.381 e. The lowest BCUT2D eigenvalue weighted by Gasteiger charge is -2.56. The number of amides is 1. The van der Waals surface area contributed by atoms with Gasteiger partial charge in [0.15, 0.2) is 0 Å². The molecule has 7 heteroatoms. The minimum atomic E-state index is -1.26. The Labute approximate surface area is 193 Å². The average Bonchev–Trinajstić information content (AvgIpc) is 3.51. The fourth-order valence-electron chi connectivity index (χ4n) is 7.92. The summed E-state index contributed by atoms with van der Waals surface area (Å²) in [4.78, 5) is 24.8. The Morgan fingerprint density at radius 3 is 2.27 bits per heavy atom. The van der Waals surface area contributed by atoms with Gasteiger partial charge in [-0.15, -0.1) is 4.65 Å². The van der Waals surface area contributed by atoms with Crippen LogP contribution >= 0.6 is 0 Å². The summed E-state index contributed by atoms with van der Waals surface area (Å²) in [5, 5.41) is 20.3. The number of hydrogen-bond donors (Lipinski definition) is 2. The monoisotopic (exact) mass is 458 g/mol. The van der Waals surface area contributed by atoms with Gasteiger partial charge in [-0.05, 0) is 86.7 Å². The molecule has 6 aliphatic rings. The highest BCUT2D eigenvalue weighted by Gasteiger charge is 2.54. The van der Waals surface area contributed by atoms with E-state index in [1.807, 2.05) is 0 Å². The molecule has 0 radical (unpaired) electrons. The van der Waals surface area contributed by atoms with Crippen LogP contribution in [0, 0.1) is 29.0 Å².